The topological polar surface area (TPSA) is 0 Å². The zero-order valence-corrected chi connectivity index (χ0v) is 16.9. The zero-order chi connectivity index (χ0) is 12.8. The molecule has 0 bridgehead atoms. The van der Waals surface area contributed by atoms with Gasteiger partial charge in [-0.1, -0.05) is 78.6 Å². The van der Waals surface area contributed by atoms with E-state index in [1.165, 1.54) is 24.3 Å². The highest BCUT2D eigenvalue weighted by Crippen LogP contribution is 2.67. The standard InChI is InChI=1S/C10H18S8/c1-3-5-11-15-7-9(13-7)17-18-10-8(14-10)16-12-6-4-2/h7-10H,3-6H2,1-2H3. The van der Waals surface area contributed by atoms with E-state index in [1.54, 1.807) is 0 Å². The van der Waals surface area contributed by atoms with E-state index in [0.29, 0.717) is 0 Å². The molecule has 0 amide bonds. The van der Waals surface area contributed by atoms with Gasteiger partial charge in [-0.05, 0) is 12.8 Å². The van der Waals surface area contributed by atoms with Crippen LogP contribution in [0.3, 0.4) is 0 Å². The lowest BCUT2D eigenvalue weighted by molar-refractivity contribution is 1.11. The monoisotopic (exact) mass is 394 g/mol. The lowest BCUT2D eigenvalue weighted by Gasteiger charge is -1.98. The normalized spacial score (nSPS) is 33.7. The Labute approximate surface area is 143 Å². The summed E-state index contributed by atoms with van der Waals surface area (Å²) in [6, 6.07) is 0. The lowest BCUT2D eigenvalue weighted by Crippen LogP contribution is -1.83. The molecule has 0 aromatic carbocycles. The molecule has 8 heteroatoms. The Morgan fingerprint density at radius 2 is 1.06 bits per heavy atom. The van der Waals surface area contributed by atoms with Crippen LogP contribution >= 0.6 is 88.3 Å². The summed E-state index contributed by atoms with van der Waals surface area (Å²) < 4.78 is 3.45. The number of rotatable bonds is 11. The molecule has 0 aromatic heterocycles. The van der Waals surface area contributed by atoms with E-state index in [2.05, 4.69) is 102 Å². The van der Waals surface area contributed by atoms with Crippen LogP contribution in [0.1, 0.15) is 26.7 Å². The van der Waals surface area contributed by atoms with Gasteiger partial charge in [0.05, 0.1) is 18.3 Å². The number of hydrogen-bond acceptors (Lipinski definition) is 8. The van der Waals surface area contributed by atoms with Crippen LogP contribution < -0.4 is 0 Å². The van der Waals surface area contributed by atoms with E-state index in [9.17, 15) is 0 Å². The molecule has 0 radical (unpaired) electrons. The Hall–Kier alpha value is 2.80. The Balaban J connectivity index is 1.41. The van der Waals surface area contributed by atoms with Crippen LogP contribution in [0.25, 0.3) is 0 Å². The lowest BCUT2D eigenvalue weighted by atomic mass is 10.6. The van der Waals surface area contributed by atoms with E-state index >= 15 is 0 Å². The second kappa shape index (κ2) is 9.74. The molecule has 0 spiro atoms. The Bertz CT molecular complexity index is 214. The average molecular weight is 395 g/mol. The van der Waals surface area contributed by atoms with Gasteiger partial charge in [0, 0.05) is 11.5 Å². The minimum Gasteiger partial charge on any atom is -0.127 e. The van der Waals surface area contributed by atoms with Gasteiger partial charge in [-0.25, -0.2) is 0 Å². The van der Waals surface area contributed by atoms with Gasteiger partial charge < -0.3 is 0 Å². The molecule has 18 heavy (non-hydrogen) atoms. The first-order chi connectivity index (χ1) is 8.85. The maximum atomic E-state index is 2.26. The first-order valence-corrected chi connectivity index (χ1v) is 15.0. The quantitative estimate of drug-likeness (QED) is 0.212. The summed E-state index contributed by atoms with van der Waals surface area (Å²) in [5.41, 5.74) is 0. The molecule has 106 valence electrons. The second-order valence-electron chi connectivity index (χ2n) is 3.77. The summed E-state index contributed by atoms with van der Waals surface area (Å²) in [5.74, 6) is 2.61. The van der Waals surface area contributed by atoms with Crippen molar-refractivity contribution < 1.29 is 0 Å². The number of hydrogen-bond donors (Lipinski definition) is 0. The van der Waals surface area contributed by atoms with Crippen LogP contribution in [-0.4, -0.2) is 29.8 Å². The highest BCUT2D eigenvalue weighted by atomic mass is 33.1. The van der Waals surface area contributed by atoms with E-state index in [-0.39, 0.29) is 0 Å². The SMILES string of the molecule is CCCSSC1SC1SSC1SC1SSCCC. The summed E-state index contributed by atoms with van der Waals surface area (Å²) in [6.07, 6.45) is 2.60. The fourth-order valence-corrected chi connectivity index (χ4v) is 16.1. The molecule has 0 saturated carbocycles. The highest BCUT2D eigenvalue weighted by molar-refractivity contribution is 8.85. The Morgan fingerprint density at radius 1 is 0.667 bits per heavy atom. The zero-order valence-electron chi connectivity index (χ0n) is 10.4. The summed E-state index contributed by atoms with van der Waals surface area (Å²) in [5, 5.41) is 0. The van der Waals surface area contributed by atoms with Gasteiger partial charge >= 0.3 is 0 Å². The van der Waals surface area contributed by atoms with Crippen LogP contribution in [0.5, 0.6) is 0 Å². The average Bonchev–Trinajstić information content (AvgIpc) is 3.24. The molecule has 4 atom stereocenters. The molecule has 0 aromatic rings. The van der Waals surface area contributed by atoms with E-state index in [0.717, 1.165) is 18.3 Å². The van der Waals surface area contributed by atoms with Crippen molar-refractivity contribution in [2.24, 2.45) is 0 Å². The van der Waals surface area contributed by atoms with Crippen molar-refractivity contribution in [3.05, 3.63) is 0 Å². The molecule has 0 nitrogen and oxygen atoms in total. The number of thioether (sulfide) groups is 2. The van der Waals surface area contributed by atoms with Gasteiger partial charge in [-0.2, -0.15) is 0 Å². The fraction of sp³-hybridized carbons (Fsp3) is 1.00. The maximum absolute atomic E-state index is 2.26. The second-order valence-corrected chi connectivity index (χ2v) is 15.4. The molecule has 4 unspecified atom stereocenters. The molecule has 0 N–H and O–H groups in total. The van der Waals surface area contributed by atoms with E-state index in [1.807, 2.05) is 0 Å². The van der Waals surface area contributed by atoms with Gasteiger partial charge in [-0.3, -0.25) is 0 Å². The summed E-state index contributed by atoms with van der Waals surface area (Å²) >= 11 is 4.28. The van der Waals surface area contributed by atoms with Crippen LogP contribution in [0.2, 0.25) is 0 Å². The fourth-order valence-electron chi connectivity index (χ4n) is 0.952. The molecule has 2 heterocycles. The molecule has 0 aliphatic carbocycles. The molecule has 2 aliphatic rings. The molecule has 2 rings (SSSR count). The molecule has 2 aliphatic heterocycles. The van der Waals surface area contributed by atoms with Crippen LogP contribution in [0.4, 0.5) is 0 Å². The largest absolute Gasteiger partial charge is 0.127 e. The Kier molecular flexibility index (Phi) is 9.29. The first kappa shape index (κ1) is 17.2. The van der Waals surface area contributed by atoms with Crippen molar-refractivity contribution in [1.29, 1.82) is 0 Å². The van der Waals surface area contributed by atoms with E-state index < -0.39 is 0 Å². The maximum Gasteiger partial charge on any atom is 0.0837 e. The van der Waals surface area contributed by atoms with Crippen molar-refractivity contribution >= 4 is 88.3 Å². The summed E-state index contributed by atoms with van der Waals surface area (Å²) in [4.78, 5) is 0. The van der Waals surface area contributed by atoms with Crippen molar-refractivity contribution in [3.63, 3.8) is 0 Å². The van der Waals surface area contributed by atoms with Crippen molar-refractivity contribution in [3.8, 4) is 0 Å². The predicted molar refractivity (Wildman–Crippen MR) is 106 cm³/mol. The minimum absolute atomic E-state index is 0.861. The highest BCUT2D eigenvalue weighted by Gasteiger charge is 2.45. The summed E-state index contributed by atoms with van der Waals surface area (Å²) in [7, 11) is 12.5. The molecule has 2 saturated heterocycles. The van der Waals surface area contributed by atoms with Gasteiger partial charge in [-0.15, -0.1) is 23.5 Å². The van der Waals surface area contributed by atoms with E-state index in [4.69, 9.17) is 0 Å². The predicted octanol–water partition coefficient (Wildman–Crippen LogP) is 6.75. The first-order valence-electron chi connectivity index (χ1n) is 6.04. The van der Waals surface area contributed by atoms with Crippen LogP contribution in [0, 0.1) is 0 Å². The van der Waals surface area contributed by atoms with Crippen molar-refractivity contribution in [2.75, 3.05) is 11.5 Å². The summed E-state index contributed by atoms with van der Waals surface area (Å²) in [6.45, 7) is 4.52. The van der Waals surface area contributed by atoms with Gasteiger partial charge in [0.15, 0.2) is 0 Å². The third kappa shape index (κ3) is 6.71. The third-order valence-electron chi connectivity index (χ3n) is 1.97. The van der Waals surface area contributed by atoms with Gasteiger partial charge in [0.25, 0.3) is 0 Å². The minimum atomic E-state index is 0.861. The van der Waals surface area contributed by atoms with Gasteiger partial charge in [0.1, 0.15) is 0 Å². The molecular weight excluding hydrogens is 377 g/mol. The van der Waals surface area contributed by atoms with Gasteiger partial charge in [0.2, 0.25) is 0 Å². The van der Waals surface area contributed by atoms with Crippen LogP contribution in [-0.2, 0) is 0 Å². The van der Waals surface area contributed by atoms with Crippen molar-refractivity contribution in [2.45, 2.75) is 45.0 Å². The van der Waals surface area contributed by atoms with Crippen LogP contribution in [0.15, 0.2) is 0 Å². The third-order valence-corrected chi connectivity index (χ3v) is 16.5. The molecular formula is C10H18S8. The smallest absolute Gasteiger partial charge is 0.0837 e. The van der Waals surface area contributed by atoms with Crippen molar-refractivity contribution in [1.82, 2.24) is 0 Å². The Morgan fingerprint density at radius 3 is 1.44 bits per heavy atom. The molecule has 2 fully saturated rings.